The van der Waals surface area contributed by atoms with Crippen LogP contribution < -0.4 is 5.43 Å². The molecule has 0 radical (unpaired) electrons. The van der Waals surface area contributed by atoms with Crippen LogP contribution in [0.2, 0.25) is 0 Å². The van der Waals surface area contributed by atoms with Crippen molar-refractivity contribution in [2.75, 3.05) is 0 Å². The zero-order valence-electron chi connectivity index (χ0n) is 10.9. The molecule has 0 aliphatic rings. The molecule has 18 heavy (non-hydrogen) atoms. The van der Waals surface area contributed by atoms with Crippen molar-refractivity contribution in [2.24, 2.45) is 0 Å². The molecular weight excluding hydrogens is 220 g/mol. The second-order valence-electron chi connectivity index (χ2n) is 5.31. The van der Waals surface area contributed by atoms with Crippen LogP contribution in [0.5, 0.6) is 0 Å². The summed E-state index contributed by atoms with van der Waals surface area (Å²) in [5.41, 5.74) is 2.63. The van der Waals surface area contributed by atoms with Gasteiger partial charge in [0.25, 0.3) is 0 Å². The number of hydrogen-bond acceptors (Lipinski definition) is 1. The molecule has 0 heterocycles. The van der Waals surface area contributed by atoms with Crippen molar-refractivity contribution in [3.8, 4) is 0 Å². The summed E-state index contributed by atoms with van der Waals surface area (Å²) in [7, 11) is 0. The van der Waals surface area contributed by atoms with E-state index in [-0.39, 0.29) is 5.43 Å². The predicted octanol–water partition coefficient (Wildman–Crippen LogP) is 4.22. The van der Waals surface area contributed by atoms with E-state index >= 15 is 0 Å². The Kier molecular flexibility index (Phi) is 2.37. The van der Waals surface area contributed by atoms with Crippen molar-refractivity contribution >= 4 is 21.5 Å². The molecule has 1 nitrogen and oxygen atoms in total. The van der Waals surface area contributed by atoms with Gasteiger partial charge < -0.3 is 0 Å². The summed E-state index contributed by atoms with van der Waals surface area (Å²) < 4.78 is 0. The zero-order chi connectivity index (χ0) is 12.9. The lowest BCUT2D eigenvalue weighted by Crippen LogP contribution is -1.95. The first-order chi connectivity index (χ1) is 8.58. The third-order valence-corrected chi connectivity index (χ3v) is 3.73. The van der Waals surface area contributed by atoms with Crippen molar-refractivity contribution in [1.29, 1.82) is 0 Å². The Morgan fingerprint density at radius 3 is 2.39 bits per heavy atom. The van der Waals surface area contributed by atoms with Crippen LogP contribution in [-0.2, 0) is 0 Å². The highest BCUT2D eigenvalue weighted by Gasteiger charge is 2.10. The van der Waals surface area contributed by atoms with E-state index in [1.807, 2.05) is 12.1 Å². The monoisotopic (exact) mass is 236 g/mol. The summed E-state index contributed by atoms with van der Waals surface area (Å²) in [6, 6.07) is 12.2. The van der Waals surface area contributed by atoms with Gasteiger partial charge in [0, 0.05) is 10.8 Å². The third-order valence-electron chi connectivity index (χ3n) is 3.73. The number of rotatable bonds is 1. The van der Waals surface area contributed by atoms with Gasteiger partial charge in [-0.25, -0.2) is 0 Å². The van der Waals surface area contributed by atoms with E-state index in [1.165, 1.54) is 16.5 Å². The Morgan fingerprint density at radius 1 is 0.944 bits per heavy atom. The highest BCUT2D eigenvalue weighted by molar-refractivity contribution is 6.12. The van der Waals surface area contributed by atoms with E-state index in [4.69, 9.17) is 0 Å². The maximum atomic E-state index is 11.9. The topological polar surface area (TPSA) is 17.1 Å². The SMILES string of the molecule is Cc1cc2c(=O)ccc3ccc(C(C)C)cc1c32. The maximum absolute atomic E-state index is 11.9. The van der Waals surface area contributed by atoms with Crippen LogP contribution in [0, 0.1) is 6.92 Å². The standard InChI is InChI=1S/C17H16O/c1-10(2)13-5-4-12-6-7-16(18)15-8-11(3)14(9-13)17(12)15/h4-10H,1-3H3. The molecule has 0 aliphatic carbocycles. The van der Waals surface area contributed by atoms with Gasteiger partial charge in [-0.15, -0.1) is 0 Å². The van der Waals surface area contributed by atoms with Crippen LogP contribution in [0.4, 0.5) is 0 Å². The molecule has 0 amide bonds. The van der Waals surface area contributed by atoms with Gasteiger partial charge in [-0.1, -0.05) is 38.1 Å². The first-order valence-electron chi connectivity index (χ1n) is 6.37. The summed E-state index contributed by atoms with van der Waals surface area (Å²) in [6.07, 6.45) is 0. The molecule has 0 spiro atoms. The molecule has 3 aromatic carbocycles. The largest absolute Gasteiger partial charge is 0.289 e. The minimum absolute atomic E-state index is 0.123. The van der Waals surface area contributed by atoms with Gasteiger partial charge in [0.1, 0.15) is 0 Å². The molecule has 0 N–H and O–H groups in total. The van der Waals surface area contributed by atoms with Gasteiger partial charge in [0.15, 0.2) is 5.43 Å². The van der Waals surface area contributed by atoms with E-state index < -0.39 is 0 Å². The molecule has 0 unspecified atom stereocenters. The summed E-state index contributed by atoms with van der Waals surface area (Å²) >= 11 is 0. The molecule has 1 heteroatoms. The predicted molar refractivity (Wildman–Crippen MR) is 77.7 cm³/mol. The molecular formula is C17H16O. The fourth-order valence-electron chi connectivity index (χ4n) is 2.64. The highest BCUT2D eigenvalue weighted by atomic mass is 16.1. The number of aryl methyl sites for hydroxylation is 1. The molecule has 0 aliphatic heterocycles. The van der Waals surface area contributed by atoms with Crippen molar-refractivity contribution in [1.82, 2.24) is 0 Å². The first-order valence-corrected chi connectivity index (χ1v) is 6.37. The van der Waals surface area contributed by atoms with E-state index in [9.17, 15) is 4.79 Å². The van der Waals surface area contributed by atoms with Crippen LogP contribution in [0.3, 0.4) is 0 Å². The lowest BCUT2D eigenvalue weighted by atomic mass is 10.0. The smallest absolute Gasteiger partial charge is 0.186 e. The molecule has 90 valence electrons. The van der Waals surface area contributed by atoms with Crippen molar-refractivity contribution in [3.63, 3.8) is 0 Å². The number of benzene rings is 1. The van der Waals surface area contributed by atoms with Crippen molar-refractivity contribution in [3.05, 3.63) is 57.7 Å². The van der Waals surface area contributed by atoms with Crippen LogP contribution >= 0.6 is 0 Å². The second kappa shape index (κ2) is 3.81. The van der Waals surface area contributed by atoms with Crippen LogP contribution in [-0.4, -0.2) is 0 Å². The summed E-state index contributed by atoms with van der Waals surface area (Å²) in [4.78, 5) is 11.9. The minimum atomic E-state index is 0.123. The van der Waals surface area contributed by atoms with Crippen molar-refractivity contribution < 1.29 is 0 Å². The highest BCUT2D eigenvalue weighted by Crippen LogP contribution is 2.30. The Balaban J connectivity index is 2.60. The van der Waals surface area contributed by atoms with Crippen LogP contribution in [0.15, 0.2) is 41.2 Å². The quantitative estimate of drug-likeness (QED) is 0.618. The van der Waals surface area contributed by atoms with E-state index in [0.29, 0.717) is 5.92 Å². The second-order valence-corrected chi connectivity index (χ2v) is 5.31. The molecule has 0 saturated carbocycles. The fraction of sp³-hybridized carbons (Fsp3) is 0.235. The third kappa shape index (κ3) is 1.51. The Morgan fingerprint density at radius 2 is 1.67 bits per heavy atom. The Hall–Kier alpha value is -1.89. The summed E-state index contributed by atoms with van der Waals surface area (Å²) in [5.74, 6) is 0.492. The van der Waals surface area contributed by atoms with Crippen LogP contribution in [0.25, 0.3) is 21.5 Å². The zero-order valence-corrected chi connectivity index (χ0v) is 10.9. The van der Waals surface area contributed by atoms with E-state index in [1.54, 1.807) is 6.07 Å². The molecule has 0 aromatic heterocycles. The fourth-order valence-corrected chi connectivity index (χ4v) is 2.64. The molecule has 0 atom stereocenters. The van der Waals surface area contributed by atoms with Gasteiger partial charge in [0.2, 0.25) is 0 Å². The van der Waals surface area contributed by atoms with Crippen molar-refractivity contribution in [2.45, 2.75) is 26.7 Å². The number of hydrogen-bond donors (Lipinski definition) is 0. The Labute approximate surface area is 106 Å². The maximum Gasteiger partial charge on any atom is 0.186 e. The summed E-state index contributed by atoms with van der Waals surface area (Å²) in [5, 5.41) is 4.34. The molecule has 3 rings (SSSR count). The lowest BCUT2D eigenvalue weighted by Gasteiger charge is -2.01. The molecule has 0 bridgehead atoms. The van der Waals surface area contributed by atoms with E-state index in [0.717, 1.165) is 16.2 Å². The van der Waals surface area contributed by atoms with Gasteiger partial charge in [-0.2, -0.15) is 0 Å². The first kappa shape index (κ1) is 11.2. The average molecular weight is 236 g/mol. The normalized spacial score (nSPS) is 11.8. The van der Waals surface area contributed by atoms with Gasteiger partial charge in [-0.3, -0.25) is 4.79 Å². The van der Waals surface area contributed by atoms with Crippen LogP contribution in [0.1, 0.15) is 30.9 Å². The molecule has 0 saturated heterocycles. The molecule has 3 aromatic rings. The van der Waals surface area contributed by atoms with E-state index in [2.05, 4.69) is 39.0 Å². The minimum Gasteiger partial charge on any atom is -0.289 e. The Bertz CT molecular complexity index is 784. The average Bonchev–Trinajstić information content (AvgIpc) is 2.55. The van der Waals surface area contributed by atoms with Gasteiger partial charge >= 0.3 is 0 Å². The van der Waals surface area contributed by atoms with Gasteiger partial charge in [0.05, 0.1) is 0 Å². The van der Waals surface area contributed by atoms with Gasteiger partial charge in [-0.05, 0) is 46.9 Å². The summed E-state index contributed by atoms with van der Waals surface area (Å²) in [6.45, 7) is 6.47. The molecule has 0 fully saturated rings. The lowest BCUT2D eigenvalue weighted by molar-refractivity contribution is 0.869.